The van der Waals surface area contributed by atoms with Crippen LogP contribution in [-0.4, -0.2) is 20.8 Å². The maximum absolute atomic E-state index is 12.0. The van der Waals surface area contributed by atoms with Gasteiger partial charge in [0.25, 0.3) is 5.91 Å². The highest BCUT2D eigenvalue weighted by Crippen LogP contribution is 2.09. The van der Waals surface area contributed by atoms with E-state index in [4.69, 9.17) is 0 Å². The van der Waals surface area contributed by atoms with Crippen LogP contribution in [0.25, 0.3) is 0 Å². The molecule has 2 aromatic heterocycles. The molecule has 7 heteroatoms. The van der Waals surface area contributed by atoms with Crippen LogP contribution in [0.2, 0.25) is 0 Å². The number of carbonyl (C=O) groups is 1. The van der Waals surface area contributed by atoms with Crippen molar-refractivity contribution in [3.05, 3.63) is 74.6 Å². The highest BCUT2D eigenvalue weighted by atomic mass is 32.1. The first-order chi connectivity index (χ1) is 10.2. The predicted molar refractivity (Wildman–Crippen MR) is 80.1 cm³/mol. The second-order valence-corrected chi connectivity index (χ2v) is 5.31. The van der Waals surface area contributed by atoms with Gasteiger partial charge in [0.05, 0.1) is 4.88 Å². The Morgan fingerprint density at radius 1 is 1.24 bits per heavy atom. The molecule has 0 fully saturated rings. The van der Waals surface area contributed by atoms with Crippen molar-refractivity contribution >= 4 is 17.2 Å². The summed E-state index contributed by atoms with van der Waals surface area (Å²) in [5.74, 6) is 0.124. The number of hydrogen-bond donors (Lipinski definition) is 2. The number of hydrogen-bond acceptors (Lipinski definition) is 4. The predicted octanol–water partition coefficient (Wildman–Crippen LogP) is 1.61. The molecular weight excluding hydrogens is 288 g/mol. The van der Waals surface area contributed by atoms with E-state index in [1.54, 1.807) is 17.5 Å². The minimum atomic E-state index is -0.467. The largest absolute Gasteiger partial charge is 0.362 e. The lowest BCUT2D eigenvalue weighted by Gasteiger charge is -2.06. The second-order valence-electron chi connectivity index (χ2n) is 4.36. The number of aromatic nitrogens is 3. The number of nitrogens with zero attached hydrogens (tertiary/aromatic N) is 2. The van der Waals surface area contributed by atoms with Gasteiger partial charge in [-0.25, -0.2) is 9.89 Å². The van der Waals surface area contributed by atoms with E-state index < -0.39 is 5.69 Å². The normalized spacial score (nSPS) is 10.5. The first-order valence-electron chi connectivity index (χ1n) is 6.29. The van der Waals surface area contributed by atoms with Crippen molar-refractivity contribution < 1.29 is 4.79 Å². The van der Waals surface area contributed by atoms with Gasteiger partial charge in [-0.15, -0.1) is 11.3 Å². The summed E-state index contributed by atoms with van der Waals surface area (Å²) < 4.78 is 1.15. The summed E-state index contributed by atoms with van der Waals surface area (Å²) in [7, 11) is 0. The van der Waals surface area contributed by atoms with Crippen LogP contribution in [0.15, 0.2) is 52.6 Å². The summed E-state index contributed by atoms with van der Waals surface area (Å²) in [5.41, 5.74) is 3.10. The number of rotatable bonds is 4. The van der Waals surface area contributed by atoms with Crippen molar-refractivity contribution in [1.29, 1.82) is 0 Å². The number of carbonyl (C=O) groups excluding carboxylic acids is 1. The molecule has 0 bridgehead atoms. The van der Waals surface area contributed by atoms with E-state index in [0.29, 0.717) is 17.1 Å². The van der Waals surface area contributed by atoms with Crippen LogP contribution in [0, 0.1) is 0 Å². The Labute approximate surface area is 124 Å². The molecule has 0 saturated carbocycles. The average molecular weight is 300 g/mol. The summed E-state index contributed by atoms with van der Waals surface area (Å²) in [6.07, 6.45) is 0.449. The van der Waals surface area contributed by atoms with E-state index >= 15 is 0 Å². The average Bonchev–Trinajstić information content (AvgIpc) is 3.13. The summed E-state index contributed by atoms with van der Waals surface area (Å²) >= 11 is 1.31. The van der Waals surface area contributed by atoms with Crippen LogP contribution >= 0.6 is 11.3 Å². The Balaban J connectivity index is 1.84. The molecule has 106 valence electrons. The van der Waals surface area contributed by atoms with Gasteiger partial charge >= 0.3 is 5.69 Å². The first kappa shape index (κ1) is 13.3. The lowest BCUT2D eigenvalue weighted by atomic mass is 10.1. The van der Waals surface area contributed by atoms with Crippen molar-refractivity contribution in [3.63, 3.8) is 0 Å². The number of benzene rings is 1. The zero-order chi connectivity index (χ0) is 14.7. The number of thiophene rings is 1. The molecule has 0 unspecified atom stereocenters. The Morgan fingerprint density at radius 2 is 2.05 bits per heavy atom. The van der Waals surface area contributed by atoms with Crippen LogP contribution in [0.1, 0.15) is 21.1 Å². The van der Waals surface area contributed by atoms with E-state index in [1.165, 1.54) is 11.3 Å². The molecule has 6 nitrogen and oxygen atoms in total. The molecule has 0 aliphatic carbocycles. The summed E-state index contributed by atoms with van der Waals surface area (Å²) in [6, 6.07) is 13.1. The minimum Gasteiger partial charge on any atom is -0.266 e. The van der Waals surface area contributed by atoms with Gasteiger partial charge in [0.1, 0.15) is 0 Å². The standard InChI is InChI=1S/C14H12N4O2S/c19-13(11-7-4-8-21-11)17-18-12(15-16-14(18)20)9-10-5-2-1-3-6-10/h1-8H,9H2,(H,16,20)(H,17,19). The second kappa shape index (κ2) is 5.76. The number of nitrogens with one attached hydrogen (secondary N) is 2. The molecule has 0 spiro atoms. The summed E-state index contributed by atoms with van der Waals surface area (Å²) in [5, 5.41) is 8.12. The van der Waals surface area contributed by atoms with Crippen LogP contribution in [0.3, 0.4) is 0 Å². The number of aromatic amines is 1. The summed E-state index contributed by atoms with van der Waals surface area (Å²) in [4.78, 5) is 24.3. The fraction of sp³-hybridized carbons (Fsp3) is 0.0714. The molecule has 0 atom stereocenters. The SMILES string of the molecule is O=C(Nn1c(Cc2ccccc2)n[nH]c1=O)c1cccs1. The van der Waals surface area contributed by atoms with Gasteiger partial charge in [-0.05, 0) is 17.0 Å². The molecule has 0 radical (unpaired) electrons. The van der Waals surface area contributed by atoms with Crippen molar-refractivity contribution in [3.8, 4) is 0 Å². The van der Waals surface area contributed by atoms with E-state index in [2.05, 4.69) is 15.6 Å². The highest BCUT2D eigenvalue weighted by Gasteiger charge is 2.13. The van der Waals surface area contributed by atoms with Gasteiger partial charge in [0.2, 0.25) is 0 Å². The number of H-pyrrole nitrogens is 1. The van der Waals surface area contributed by atoms with E-state index in [0.717, 1.165) is 10.2 Å². The number of amides is 1. The topological polar surface area (TPSA) is 79.8 Å². The smallest absolute Gasteiger partial charge is 0.266 e. The molecule has 2 N–H and O–H groups in total. The monoisotopic (exact) mass is 300 g/mol. The molecule has 1 aromatic carbocycles. The lowest BCUT2D eigenvalue weighted by Crippen LogP contribution is -2.32. The third-order valence-corrected chi connectivity index (χ3v) is 3.77. The maximum atomic E-state index is 12.0. The van der Waals surface area contributed by atoms with Gasteiger partial charge in [-0.1, -0.05) is 36.4 Å². The molecule has 1 amide bonds. The molecule has 0 aliphatic rings. The fourth-order valence-corrected chi connectivity index (χ4v) is 2.52. The van der Waals surface area contributed by atoms with Crippen LogP contribution in [0.4, 0.5) is 0 Å². The van der Waals surface area contributed by atoms with Crippen molar-refractivity contribution in [2.75, 3.05) is 5.43 Å². The minimum absolute atomic E-state index is 0.331. The molecular formula is C14H12N4O2S. The zero-order valence-electron chi connectivity index (χ0n) is 10.9. The van der Waals surface area contributed by atoms with Gasteiger partial charge in [0.15, 0.2) is 5.82 Å². The van der Waals surface area contributed by atoms with E-state index in [1.807, 2.05) is 30.3 Å². The van der Waals surface area contributed by atoms with Crippen molar-refractivity contribution in [2.24, 2.45) is 0 Å². The third-order valence-electron chi connectivity index (χ3n) is 2.91. The quantitative estimate of drug-likeness (QED) is 0.768. The molecule has 21 heavy (non-hydrogen) atoms. The Bertz CT molecular complexity index is 790. The molecule has 2 heterocycles. The van der Waals surface area contributed by atoms with E-state index in [9.17, 15) is 9.59 Å². The van der Waals surface area contributed by atoms with Crippen molar-refractivity contribution in [2.45, 2.75) is 6.42 Å². The van der Waals surface area contributed by atoms with Gasteiger partial charge in [0, 0.05) is 6.42 Å². The molecule has 0 aliphatic heterocycles. The Hall–Kier alpha value is -2.67. The van der Waals surface area contributed by atoms with Crippen LogP contribution in [0.5, 0.6) is 0 Å². The van der Waals surface area contributed by atoms with E-state index in [-0.39, 0.29) is 5.91 Å². The van der Waals surface area contributed by atoms with Gasteiger partial charge in [-0.3, -0.25) is 10.2 Å². The van der Waals surface area contributed by atoms with Gasteiger partial charge < -0.3 is 0 Å². The molecule has 3 aromatic rings. The lowest BCUT2D eigenvalue weighted by molar-refractivity contribution is 0.101. The summed E-state index contributed by atoms with van der Waals surface area (Å²) in [6.45, 7) is 0. The molecule has 3 rings (SSSR count). The van der Waals surface area contributed by atoms with Gasteiger partial charge in [-0.2, -0.15) is 9.77 Å². The Kier molecular flexibility index (Phi) is 3.65. The maximum Gasteiger partial charge on any atom is 0.362 e. The fourth-order valence-electron chi connectivity index (χ4n) is 1.91. The first-order valence-corrected chi connectivity index (χ1v) is 7.17. The van der Waals surface area contributed by atoms with Crippen LogP contribution in [-0.2, 0) is 6.42 Å². The Morgan fingerprint density at radius 3 is 2.76 bits per heavy atom. The van der Waals surface area contributed by atoms with Crippen LogP contribution < -0.4 is 11.1 Å². The third kappa shape index (κ3) is 2.92. The molecule has 0 saturated heterocycles. The highest BCUT2D eigenvalue weighted by molar-refractivity contribution is 7.12. The zero-order valence-corrected chi connectivity index (χ0v) is 11.8. The van der Waals surface area contributed by atoms with Crippen molar-refractivity contribution in [1.82, 2.24) is 14.9 Å².